The van der Waals surface area contributed by atoms with E-state index in [2.05, 4.69) is 6.92 Å². The standard InChI is InChI=1S/C11H22Cl2/c1-2-3-4-5-6-7-8-9-11(13)10-12/h11H,2-10H2,1H3/t11-/m0/s1. The average Bonchev–Trinajstić information content (AvgIpc) is 2.16. The number of alkyl halides is 2. The molecule has 0 aromatic rings. The average molecular weight is 225 g/mol. The summed E-state index contributed by atoms with van der Waals surface area (Å²) >= 11 is 11.5. The lowest BCUT2D eigenvalue weighted by Crippen LogP contribution is -1.99. The van der Waals surface area contributed by atoms with Crippen LogP contribution in [0.4, 0.5) is 0 Å². The maximum absolute atomic E-state index is 5.90. The highest BCUT2D eigenvalue weighted by Gasteiger charge is 2.00. The van der Waals surface area contributed by atoms with Crippen LogP contribution < -0.4 is 0 Å². The van der Waals surface area contributed by atoms with Crippen LogP contribution in [0.2, 0.25) is 0 Å². The van der Waals surface area contributed by atoms with Crippen molar-refractivity contribution in [2.24, 2.45) is 0 Å². The van der Waals surface area contributed by atoms with E-state index in [1.165, 1.54) is 44.9 Å². The van der Waals surface area contributed by atoms with Gasteiger partial charge in [-0.05, 0) is 6.42 Å². The third-order valence-electron chi connectivity index (χ3n) is 2.29. The summed E-state index contributed by atoms with van der Waals surface area (Å²) in [6, 6.07) is 0. The van der Waals surface area contributed by atoms with Gasteiger partial charge in [-0.25, -0.2) is 0 Å². The lowest BCUT2D eigenvalue weighted by atomic mass is 10.1. The molecule has 0 aliphatic rings. The zero-order valence-corrected chi connectivity index (χ0v) is 10.2. The van der Waals surface area contributed by atoms with Gasteiger partial charge in [0.2, 0.25) is 0 Å². The van der Waals surface area contributed by atoms with E-state index in [1.807, 2.05) is 0 Å². The number of hydrogen-bond donors (Lipinski definition) is 0. The van der Waals surface area contributed by atoms with Gasteiger partial charge in [-0.1, -0.05) is 51.9 Å². The minimum Gasteiger partial charge on any atom is -0.125 e. The largest absolute Gasteiger partial charge is 0.125 e. The summed E-state index contributed by atoms with van der Waals surface area (Å²) in [6.45, 7) is 2.25. The van der Waals surface area contributed by atoms with Gasteiger partial charge in [0.1, 0.15) is 0 Å². The van der Waals surface area contributed by atoms with Gasteiger partial charge in [-0.2, -0.15) is 0 Å². The van der Waals surface area contributed by atoms with E-state index >= 15 is 0 Å². The van der Waals surface area contributed by atoms with E-state index in [9.17, 15) is 0 Å². The van der Waals surface area contributed by atoms with Gasteiger partial charge < -0.3 is 0 Å². The van der Waals surface area contributed by atoms with Gasteiger partial charge in [0.15, 0.2) is 0 Å². The Balaban J connectivity index is 2.91. The molecule has 0 amide bonds. The van der Waals surface area contributed by atoms with Crippen molar-refractivity contribution in [2.75, 3.05) is 5.88 Å². The van der Waals surface area contributed by atoms with Gasteiger partial charge in [0.05, 0.1) is 0 Å². The van der Waals surface area contributed by atoms with Gasteiger partial charge in [0.25, 0.3) is 0 Å². The van der Waals surface area contributed by atoms with Crippen LogP contribution in [0.15, 0.2) is 0 Å². The summed E-state index contributed by atoms with van der Waals surface area (Å²) in [5.41, 5.74) is 0. The fourth-order valence-corrected chi connectivity index (χ4v) is 1.71. The Labute approximate surface area is 93.0 Å². The molecule has 0 saturated carbocycles. The number of hydrogen-bond acceptors (Lipinski definition) is 0. The van der Waals surface area contributed by atoms with Crippen LogP contribution in [0.3, 0.4) is 0 Å². The highest BCUT2D eigenvalue weighted by atomic mass is 35.5. The summed E-state index contributed by atoms with van der Waals surface area (Å²) in [5, 5.41) is 0.192. The predicted octanol–water partition coefficient (Wildman–Crippen LogP) is 4.97. The molecule has 13 heavy (non-hydrogen) atoms. The van der Waals surface area contributed by atoms with E-state index in [1.54, 1.807) is 0 Å². The molecule has 0 aliphatic heterocycles. The monoisotopic (exact) mass is 224 g/mol. The normalized spacial score (nSPS) is 13.2. The van der Waals surface area contributed by atoms with Crippen LogP contribution in [-0.4, -0.2) is 11.3 Å². The second kappa shape index (κ2) is 10.7. The summed E-state index contributed by atoms with van der Waals surface area (Å²) in [7, 11) is 0. The quantitative estimate of drug-likeness (QED) is 0.383. The van der Waals surface area contributed by atoms with Crippen LogP contribution in [0, 0.1) is 0 Å². The molecule has 0 bridgehead atoms. The zero-order valence-electron chi connectivity index (χ0n) is 8.70. The summed E-state index contributed by atoms with van der Waals surface area (Å²) in [5.74, 6) is 0.595. The van der Waals surface area contributed by atoms with Crippen LogP contribution in [0.1, 0.15) is 58.3 Å². The van der Waals surface area contributed by atoms with Gasteiger partial charge in [0, 0.05) is 11.3 Å². The van der Waals surface area contributed by atoms with Gasteiger partial charge >= 0.3 is 0 Å². The van der Waals surface area contributed by atoms with E-state index in [-0.39, 0.29) is 5.38 Å². The molecule has 2 heteroatoms. The molecule has 0 radical (unpaired) electrons. The fraction of sp³-hybridized carbons (Fsp3) is 1.00. The van der Waals surface area contributed by atoms with E-state index in [0.29, 0.717) is 5.88 Å². The number of halogens is 2. The summed E-state index contributed by atoms with van der Waals surface area (Å²) in [6.07, 6.45) is 10.5. The van der Waals surface area contributed by atoms with Crippen molar-refractivity contribution in [1.82, 2.24) is 0 Å². The van der Waals surface area contributed by atoms with Crippen molar-refractivity contribution in [1.29, 1.82) is 0 Å². The van der Waals surface area contributed by atoms with Crippen molar-refractivity contribution < 1.29 is 0 Å². The molecule has 0 heterocycles. The minimum absolute atomic E-state index is 0.192. The first-order valence-electron chi connectivity index (χ1n) is 5.51. The van der Waals surface area contributed by atoms with Crippen molar-refractivity contribution in [3.05, 3.63) is 0 Å². The SMILES string of the molecule is CCCCCCCCC[C@H](Cl)CCl. The molecule has 0 aromatic heterocycles. The summed E-state index contributed by atoms with van der Waals surface area (Å²) in [4.78, 5) is 0. The molecule has 0 unspecified atom stereocenters. The first-order valence-corrected chi connectivity index (χ1v) is 6.48. The lowest BCUT2D eigenvalue weighted by molar-refractivity contribution is 0.574. The van der Waals surface area contributed by atoms with Crippen molar-refractivity contribution in [3.8, 4) is 0 Å². The molecule has 1 atom stereocenters. The number of rotatable bonds is 9. The molecule has 0 N–H and O–H groups in total. The molecule has 0 aromatic carbocycles. The zero-order chi connectivity index (χ0) is 9.94. The van der Waals surface area contributed by atoms with Gasteiger partial charge in [-0.3, -0.25) is 0 Å². The molecule has 0 fully saturated rings. The Morgan fingerprint density at radius 2 is 1.46 bits per heavy atom. The molecule has 0 nitrogen and oxygen atoms in total. The van der Waals surface area contributed by atoms with E-state index < -0.39 is 0 Å². The molecule has 0 aliphatic carbocycles. The Morgan fingerprint density at radius 3 is 2.00 bits per heavy atom. The maximum Gasteiger partial charge on any atom is 0.0471 e. The van der Waals surface area contributed by atoms with Crippen LogP contribution >= 0.6 is 23.2 Å². The van der Waals surface area contributed by atoms with Gasteiger partial charge in [-0.15, -0.1) is 23.2 Å². The molecule has 0 saturated heterocycles. The smallest absolute Gasteiger partial charge is 0.0471 e. The predicted molar refractivity (Wildman–Crippen MR) is 63.0 cm³/mol. The Hall–Kier alpha value is 0.580. The Kier molecular flexibility index (Phi) is 11.1. The fourth-order valence-electron chi connectivity index (χ4n) is 1.40. The van der Waals surface area contributed by atoms with Crippen LogP contribution in [0.25, 0.3) is 0 Å². The van der Waals surface area contributed by atoms with Crippen molar-refractivity contribution in [3.63, 3.8) is 0 Å². The molecular weight excluding hydrogens is 203 g/mol. The lowest BCUT2D eigenvalue weighted by Gasteiger charge is -2.04. The molecule has 80 valence electrons. The maximum atomic E-state index is 5.90. The first-order chi connectivity index (χ1) is 6.31. The molecule has 0 rings (SSSR count). The highest BCUT2D eigenvalue weighted by molar-refractivity contribution is 6.28. The Bertz CT molecular complexity index is 94.1. The molecule has 0 spiro atoms. The minimum atomic E-state index is 0.192. The third kappa shape index (κ3) is 10.5. The summed E-state index contributed by atoms with van der Waals surface area (Å²) < 4.78 is 0. The van der Waals surface area contributed by atoms with Crippen molar-refractivity contribution in [2.45, 2.75) is 63.7 Å². The van der Waals surface area contributed by atoms with Crippen LogP contribution in [0.5, 0.6) is 0 Å². The second-order valence-electron chi connectivity index (χ2n) is 3.66. The van der Waals surface area contributed by atoms with E-state index in [4.69, 9.17) is 23.2 Å². The first kappa shape index (κ1) is 13.6. The van der Waals surface area contributed by atoms with Crippen LogP contribution in [-0.2, 0) is 0 Å². The second-order valence-corrected chi connectivity index (χ2v) is 4.59. The van der Waals surface area contributed by atoms with Crippen molar-refractivity contribution >= 4 is 23.2 Å². The number of unbranched alkanes of at least 4 members (excludes halogenated alkanes) is 6. The van der Waals surface area contributed by atoms with E-state index in [0.717, 1.165) is 6.42 Å². The topological polar surface area (TPSA) is 0 Å². The third-order valence-corrected chi connectivity index (χ3v) is 3.19. The molecular formula is C11H22Cl2. The highest BCUT2D eigenvalue weighted by Crippen LogP contribution is 2.12. The Morgan fingerprint density at radius 1 is 0.923 bits per heavy atom.